The first kappa shape index (κ1) is 17.1. The molecule has 0 saturated carbocycles. The summed E-state index contributed by atoms with van der Waals surface area (Å²) in [6, 6.07) is 12.6. The van der Waals surface area contributed by atoms with E-state index in [0.717, 1.165) is 42.4 Å². The fourth-order valence-electron chi connectivity index (χ4n) is 2.97. The number of H-pyrrole nitrogens is 1. The van der Waals surface area contributed by atoms with Crippen molar-refractivity contribution in [3.63, 3.8) is 0 Å². The van der Waals surface area contributed by atoms with Crippen molar-refractivity contribution in [2.75, 3.05) is 13.6 Å². The van der Waals surface area contributed by atoms with Crippen LogP contribution in [0.25, 0.3) is 10.9 Å². The van der Waals surface area contributed by atoms with Crippen LogP contribution in [-0.4, -0.2) is 34.3 Å². The largest absolute Gasteiger partial charge is 0.357 e. The number of aliphatic imine (C=N–C) groups is 1. The van der Waals surface area contributed by atoms with Gasteiger partial charge in [-0.2, -0.15) is 5.10 Å². The zero-order valence-electron chi connectivity index (χ0n) is 15.1. The van der Waals surface area contributed by atoms with Gasteiger partial charge in [-0.15, -0.1) is 0 Å². The number of aromatic nitrogens is 3. The standard InChI is InChI=1S/C19H26N6/c1-14-11-15(2)25(24-14)10-6-9-21-19(20-3)22-13-17-12-16-7-4-5-8-18(16)23-17/h4-5,7-8,11-12,23H,6,9-10,13H2,1-3H3,(H2,20,21,22). The van der Waals surface area contributed by atoms with E-state index in [4.69, 9.17) is 0 Å². The van der Waals surface area contributed by atoms with E-state index in [1.165, 1.54) is 11.1 Å². The molecule has 132 valence electrons. The fourth-order valence-corrected chi connectivity index (χ4v) is 2.97. The van der Waals surface area contributed by atoms with Gasteiger partial charge in [0.15, 0.2) is 5.96 Å². The van der Waals surface area contributed by atoms with Crippen molar-refractivity contribution in [1.29, 1.82) is 0 Å². The van der Waals surface area contributed by atoms with Crippen molar-refractivity contribution in [1.82, 2.24) is 25.4 Å². The summed E-state index contributed by atoms with van der Waals surface area (Å²) in [6.07, 6.45) is 0.995. The maximum atomic E-state index is 4.48. The molecule has 6 heteroatoms. The minimum Gasteiger partial charge on any atom is -0.357 e. The lowest BCUT2D eigenvalue weighted by atomic mass is 10.2. The van der Waals surface area contributed by atoms with Gasteiger partial charge in [-0.25, -0.2) is 0 Å². The molecule has 1 aromatic carbocycles. The predicted octanol–water partition coefficient (Wildman–Crippen LogP) is 2.74. The molecule has 3 aromatic rings. The number of nitrogens with zero attached hydrogens (tertiary/aromatic N) is 3. The second-order valence-corrected chi connectivity index (χ2v) is 6.24. The number of benzene rings is 1. The molecule has 0 radical (unpaired) electrons. The average Bonchev–Trinajstić information content (AvgIpc) is 3.16. The van der Waals surface area contributed by atoms with E-state index in [1.807, 2.05) is 13.0 Å². The van der Waals surface area contributed by atoms with Crippen LogP contribution in [0.2, 0.25) is 0 Å². The van der Waals surface area contributed by atoms with Crippen molar-refractivity contribution >= 4 is 16.9 Å². The Balaban J connectivity index is 1.44. The third kappa shape index (κ3) is 4.41. The van der Waals surface area contributed by atoms with Crippen molar-refractivity contribution in [3.05, 3.63) is 53.5 Å². The number of aromatic amines is 1. The third-order valence-corrected chi connectivity index (χ3v) is 4.20. The molecule has 3 rings (SSSR count). The van der Waals surface area contributed by atoms with Crippen LogP contribution in [-0.2, 0) is 13.1 Å². The van der Waals surface area contributed by atoms with Gasteiger partial charge in [0.2, 0.25) is 0 Å². The summed E-state index contributed by atoms with van der Waals surface area (Å²) in [7, 11) is 1.79. The number of hydrogen-bond acceptors (Lipinski definition) is 2. The molecular weight excluding hydrogens is 312 g/mol. The fraction of sp³-hybridized carbons (Fsp3) is 0.368. The van der Waals surface area contributed by atoms with E-state index in [9.17, 15) is 0 Å². The van der Waals surface area contributed by atoms with Gasteiger partial charge in [-0.05, 0) is 43.9 Å². The lowest BCUT2D eigenvalue weighted by Crippen LogP contribution is -2.37. The maximum Gasteiger partial charge on any atom is 0.191 e. The average molecular weight is 338 g/mol. The summed E-state index contributed by atoms with van der Waals surface area (Å²) in [5.74, 6) is 0.812. The van der Waals surface area contributed by atoms with Crippen LogP contribution in [0.5, 0.6) is 0 Å². The molecule has 0 bridgehead atoms. The van der Waals surface area contributed by atoms with Gasteiger partial charge in [0.05, 0.1) is 12.2 Å². The topological polar surface area (TPSA) is 70.0 Å². The zero-order chi connectivity index (χ0) is 17.6. The van der Waals surface area contributed by atoms with Gasteiger partial charge in [0.1, 0.15) is 0 Å². The van der Waals surface area contributed by atoms with Crippen LogP contribution in [0.1, 0.15) is 23.5 Å². The summed E-state index contributed by atoms with van der Waals surface area (Å²) in [6.45, 7) is 6.59. The first-order chi connectivity index (χ1) is 12.2. The number of rotatable bonds is 6. The molecule has 0 unspecified atom stereocenters. The first-order valence-corrected chi connectivity index (χ1v) is 8.68. The Morgan fingerprint density at radius 1 is 1.20 bits per heavy atom. The Labute approximate surface area is 148 Å². The molecule has 3 N–H and O–H groups in total. The highest BCUT2D eigenvalue weighted by atomic mass is 15.3. The number of guanidine groups is 1. The number of aryl methyl sites for hydroxylation is 3. The Hall–Kier alpha value is -2.76. The summed E-state index contributed by atoms with van der Waals surface area (Å²) in [4.78, 5) is 7.70. The van der Waals surface area contributed by atoms with Crippen LogP contribution in [0.15, 0.2) is 41.4 Å². The monoisotopic (exact) mass is 338 g/mol. The quantitative estimate of drug-likeness (QED) is 0.368. The molecule has 0 aliphatic rings. The van der Waals surface area contributed by atoms with E-state index >= 15 is 0 Å². The molecule has 25 heavy (non-hydrogen) atoms. The van der Waals surface area contributed by atoms with Crippen molar-refractivity contribution < 1.29 is 0 Å². The van der Waals surface area contributed by atoms with Crippen LogP contribution in [0.4, 0.5) is 0 Å². The third-order valence-electron chi connectivity index (χ3n) is 4.20. The molecule has 0 amide bonds. The van der Waals surface area contributed by atoms with Gasteiger partial charge >= 0.3 is 0 Å². The molecule has 0 saturated heterocycles. The summed E-state index contributed by atoms with van der Waals surface area (Å²) in [5.41, 5.74) is 4.58. The zero-order valence-corrected chi connectivity index (χ0v) is 15.1. The highest BCUT2D eigenvalue weighted by Crippen LogP contribution is 2.14. The normalized spacial score (nSPS) is 11.9. The van der Waals surface area contributed by atoms with E-state index in [1.54, 1.807) is 7.05 Å². The molecule has 0 aliphatic heterocycles. The molecule has 0 fully saturated rings. The number of hydrogen-bond donors (Lipinski definition) is 3. The van der Waals surface area contributed by atoms with Gasteiger partial charge in [-0.3, -0.25) is 9.67 Å². The Kier molecular flexibility index (Phi) is 5.38. The molecule has 0 atom stereocenters. The van der Waals surface area contributed by atoms with E-state index in [2.05, 4.69) is 67.6 Å². The Morgan fingerprint density at radius 3 is 2.76 bits per heavy atom. The van der Waals surface area contributed by atoms with Gasteiger partial charge in [0.25, 0.3) is 0 Å². The number of para-hydroxylation sites is 1. The number of fused-ring (bicyclic) bond motifs is 1. The van der Waals surface area contributed by atoms with Crippen LogP contribution < -0.4 is 10.6 Å². The van der Waals surface area contributed by atoms with E-state index in [0.29, 0.717) is 6.54 Å². The van der Waals surface area contributed by atoms with E-state index in [-0.39, 0.29) is 0 Å². The van der Waals surface area contributed by atoms with Crippen molar-refractivity contribution in [3.8, 4) is 0 Å². The van der Waals surface area contributed by atoms with Crippen LogP contribution in [0, 0.1) is 13.8 Å². The Morgan fingerprint density at radius 2 is 2.04 bits per heavy atom. The SMILES string of the molecule is CN=C(NCCCn1nc(C)cc1C)NCc1cc2ccccc2[nH]1. The molecule has 6 nitrogen and oxygen atoms in total. The van der Waals surface area contributed by atoms with Crippen LogP contribution >= 0.6 is 0 Å². The Bertz CT molecular complexity index is 825. The van der Waals surface area contributed by atoms with Gasteiger partial charge < -0.3 is 15.6 Å². The maximum absolute atomic E-state index is 4.48. The summed E-state index contributed by atoms with van der Waals surface area (Å²) >= 11 is 0. The molecule has 0 aliphatic carbocycles. The molecule has 2 aromatic heterocycles. The second-order valence-electron chi connectivity index (χ2n) is 6.24. The van der Waals surface area contributed by atoms with Crippen molar-refractivity contribution in [2.45, 2.75) is 33.4 Å². The van der Waals surface area contributed by atoms with Gasteiger partial charge in [0, 0.05) is 37.0 Å². The summed E-state index contributed by atoms with van der Waals surface area (Å²) < 4.78 is 2.05. The molecular formula is C19H26N6. The van der Waals surface area contributed by atoms with E-state index < -0.39 is 0 Å². The van der Waals surface area contributed by atoms with Crippen molar-refractivity contribution in [2.24, 2.45) is 4.99 Å². The van der Waals surface area contributed by atoms with Gasteiger partial charge in [-0.1, -0.05) is 18.2 Å². The lowest BCUT2D eigenvalue weighted by molar-refractivity contribution is 0.555. The highest BCUT2D eigenvalue weighted by Gasteiger charge is 2.03. The predicted molar refractivity (Wildman–Crippen MR) is 103 cm³/mol. The second kappa shape index (κ2) is 7.88. The van der Waals surface area contributed by atoms with Crippen LogP contribution in [0.3, 0.4) is 0 Å². The highest BCUT2D eigenvalue weighted by molar-refractivity contribution is 5.81. The summed E-state index contributed by atoms with van der Waals surface area (Å²) in [5, 5.41) is 12.4. The number of nitrogens with one attached hydrogen (secondary N) is 3. The minimum absolute atomic E-state index is 0.714. The minimum atomic E-state index is 0.714. The smallest absolute Gasteiger partial charge is 0.191 e. The first-order valence-electron chi connectivity index (χ1n) is 8.68. The molecule has 0 spiro atoms. The molecule has 2 heterocycles. The lowest BCUT2D eigenvalue weighted by Gasteiger charge is -2.11.